The van der Waals surface area contributed by atoms with Gasteiger partial charge in [0.15, 0.2) is 0 Å². The lowest BCUT2D eigenvalue weighted by Crippen LogP contribution is -2.48. The second-order valence-electron chi connectivity index (χ2n) is 7.63. The molecular formula is C18H29ClN2O3. The van der Waals surface area contributed by atoms with Crippen molar-refractivity contribution in [1.29, 1.82) is 0 Å². The quantitative estimate of drug-likeness (QED) is 0.573. The van der Waals surface area contributed by atoms with Crippen molar-refractivity contribution < 1.29 is 14.3 Å². The molecular weight excluding hydrogens is 328 g/mol. The number of ether oxygens (including phenoxy) is 1. The van der Waals surface area contributed by atoms with Crippen molar-refractivity contribution in [3.63, 3.8) is 0 Å². The van der Waals surface area contributed by atoms with Crippen LogP contribution in [-0.4, -0.2) is 58.5 Å². The van der Waals surface area contributed by atoms with E-state index < -0.39 is 11.0 Å². The number of carbonyl (C=O) groups excluding carboxylic acids is 2. The molecule has 2 fully saturated rings. The normalized spacial score (nSPS) is 23.9. The van der Waals surface area contributed by atoms with Gasteiger partial charge in [0, 0.05) is 31.6 Å². The summed E-state index contributed by atoms with van der Waals surface area (Å²) in [5, 5.41) is -0.686. The number of halogens is 1. The molecule has 5 nitrogen and oxygen atoms in total. The molecule has 2 aliphatic rings. The van der Waals surface area contributed by atoms with Crippen LogP contribution in [0.2, 0.25) is 0 Å². The van der Waals surface area contributed by atoms with E-state index in [4.69, 9.17) is 16.3 Å². The molecule has 2 aliphatic heterocycles. The zero-order valence-corrected chi connectivity index (χ0v) is 15.7. The van der Waals surface area contributed by atoms with Gasteiger partial charge in [-0.15, -0.1) is 18.2 Å². The number of rotatable bonds is 4. The van der Waals surface area contributed by atoms with E-state index in [1.165, 1.54) is 0 Å². The number of hydrogen-bond acceptors (Lipinski definition) is 3. The van der Waals surface area contributed by atoms with Gasteiger partial charge in [-0.05, 0) is 46.5 Å². The predicted molar refractivity (Wildman–Crippen MR) is 95.1 cm³/mol. The summed E-state index contributed by atoms with van der Waals surface area (Å²) in [6.07, 6.45) is 5.14. The summed E-state index contributed by atoms with van der Waals surface area (Å²) >= 11 is 6.52. The minimum absolute atomic E-state index is 0.0462. The molecule has 2 rings (SSSR count). The van der Waals surface area contributed by atoms with Gasteiger partial charge < -0.3 is 14.5 Å². The molecule has 2 heterocycles. The highest BCUT2D eigenvalue weighted by Crippen LogP contribution is 2.32. The molecule has 0 aromatic heterocycles. The lowest BCUT2D eigenvalue weighted by Gasteiger charge is -2.34. The Balaban J connectivity index is 2.08. The van der Waals surface area contributed by atoms with E-state index >= 15 is 0 Å². The molecule has 0 aromatic rings. The number of hydrogen-bond donors (Lipinski definition) is 0. The van der Waals surface area contributed by atoms with Gasteiger partial charge in [0.2, 0.25) is 5.91 Å². The van der Waals surface area contributed by atoms with Crippen molar-refractivity contribution >= 4 is 23.6 Å². The van der Waals surface area contributed by atoms with Crippen LogP contribution in [0.25, 0.3) is 0 Å². The van der Waals surface area contributed by atoms with Gasteiger partial charge in [-0.3, -0.25) is 4.79 Å². The molecule has 2 amide bonds. The van der Waals surface area contributed by atoms with Crippen LogP contribution >= 0.6 is 11.6 Å². The van der Waals surface area contributed by atoms with Crippen LogP contribution in [0.1, 0.15) is 46.5 Å². The zero-order valence-electron chi connectivity index (χ0n) is 15.0. The first-order valence-corrected chi connectivity index (χ1v) is 9.23. The predicted octanol–water partition coefficient (Wildman–Crippen LogP) is 3.42. The van der Waals surface area contributed by atoms with Gasteiger partial charge in [0.25, 0.3) is 0 Å². The van der Waals surface area contributed by atoms with Crippen molar-refractivity contribution in [2.75, 3.05) is 19.6 Å². The molecule has 0 aliphatic carbocycles. The van der Waals surface area contributed by atoms with E-state index in [2.05, 4.69) is 6.58 Å². The van der Waals surface area contributed by atoms with Crippen molar-refractivity contribution in [3.05, 3.63) is 12.7 Å². The van der Waals surface area contributed by atoms with Crippen LogP contribution in [0, 0.1) is 5.92 Å². The minimum atomic E-state index is -0.686. The summed E-state index contributed by atoms with van der Waals surface area (Å²) in [6.45, 7) is 11.6. The maximum atomic E-state index is 12.6. The molecule has 0 unspecified atom stereocenters. The fraction of sp³-hybridized carbons (Fsp3) is 0.778. The number of amides is 2. The Morgan fingerprint density at radius 3 is 2.38 bits per heavy atom. The molecule has 6 heteroatoms. The van der Waals surface area contributed by atoms with Crippen LogP contribution in [-0.2, 0) is 9.53 Å². The van der Waals surface area contributed by atoms with Gasteiger partial charge in [-0.2, -0.15) is 0 Å². The Bertz CT molecular complexity index is 483. The van der Waals surface area contributed by atoms with Gasteiger partial charge in [-0.1, -0.05) is 6.08 Å². The highest BCUT2D eigenvalue weighted by Gasteiger charge is 2.41. The van der Waals surface area contributed by atoms with Gasteiger partial charge in [0.05, 0.1) is 0 Å². The minimum Gasteiger partial charge on any atom is -0.444 e. The largest absolute Gasteiger partial charge is 0.444 e. The third-order valence-corrected chi connectivity index (χ3v) is 5.11. The summed E-state index contributed by atoms with van der Waals surface area (Å²) < 4.78 is 5.50. The molecule has 0 saturated carbocycles. The summed E-state index contributed by atoms with van der Waals surface area (Å²) in [5.41, 5.74) is -0.542. The van der Waals surface area contributed by atoms with E-state index in [0.29, 0.717) is 6.54 Å². The van der Waals surface area contributed by atoms with Crippen LogP contribution < -0.4 is 0 Å². The highest BCUT2D eigenvalue weighted by molar-refractivity contribution is 6.31. The average molecular weight is 357 g/mol. The fourth-order valence-corrected chi connectivity index (χ4v) is 3.90. The Labute approximate surface area is 150 Å². The van der Waals surface area contributed by atoms with E-state index in [1.807, 2.05) is 25.7 Å². The molecule has 0 N–H and O–H groups in total. The molecule has 3 atom stereocenters. The standard InChI is InChI=1S/C18H29ClN2O3/c1-5-13(15(19)16(22)20-10-6-7-11-20)14-9-8-12-21(14)17(23)24-18(2,3)4/h5,13-15H,1,6-12H2,2-4H3/t13-,14+,15-/m1/s1. The smallest absolute Gasteiger partial charge is 0.410 e. The molecule has 0 aromatic carbocycles. The number of nitrogens with zero attached hydrogens (tertiary/aromatic N) is 2. The third kappa shape index (κ3) is 4.44. The van der Waals surface area contributed by atoms with Gasteiger partial charge in [-0.25, -0.2) is 4.79 Å². The third-order valence-electron chi connectivity index (χ3n) is 4.64. The lowest BCUT2D eigenvalue weighted by atomic mass is 9.93. The second kappa shape index (κ2) is 7.77. The van der Waals surface area contributed by atoms with Crippen LogP contribution in [0.3, 0.4) is 0 Å². The molecule has 2 saturated heterocycles. The Kier molecular flexibility index (Phi) is 6.18. The van der Waals surface area contributed by atoms with E-state index in [0.717, 1.165) is 38.8 Å². The number of alkyl halides is 1. The van der Waals surface area contributed by atoms with Gasteiger partial charge >= 0.3 is 6.09 Å². The lowest BCUT2D eigenvalue weighted by molar-refractivity contribution is -0.130. The molecule has 0 radical (unpaired) electrons. The van der Waals surface area contributed by atoms with Crippen LogP contribution in [0.15, 0.2) is 12.7 Å². The van der Waals surface area contributed by atoms with Crippen molar-refractivity contribution in [2.24, 2.45) is 5.92 Å². The number of carbonyl (C=O) groups is 2. The summed E-state index contributed by atoms with van der Waals surface area (Å²) in [6, 6.07) is -0.133. The van der Waals surface area contributed by atoms with Crippen LogP contribution in [0.5, 0.6) is 0 Å². The molecule has 136 valence electrons. The van der Waals surface area contributed by atoms with Crippen LogP contribution in [0.4, 0.5) is 4.79 Å². The first kappa shape index (κ1) is 19.1. The topological polar surface area (TPSA) is 49.9 Å². The number of likely N-dealkylation sites (tertiary alicyclic amines) is 2. The van der Waals surface area contributed by atoms with Crippen molar-refractivity contribution in [3.8, 4) is 0 Å². The van der Waals surface area contributed by atoms with Crippen molar-refractivity contribution in [2.45, 2.75) is 63.5 Å². The zero-order chi connectivity index (χ0) is 17.9. The Hall–Kier alpha value is -1.23. The Morgan fingerprint density at radius 2 is 1.83 bits per heavy atom. The molecule has 24 heavy (non-hydrogen) atoms. The van der Waals surface area contributed by atoms with E-state index in [-0.39, 0.29) is 24.0 Å². The SMILES string of the molecule is C=C[C@@H]([C@@H](Cl)C(=O)N1CCCC1)[C@@H]1CCCN1C(=O)OC(C)(C)C. The fourth-order valence-electron chi connectivity index (χ4n) is 3.49. The van der Waals surface area contributed by atoms with Crippen molar-refractivity contribution in [1.82, 2.24) is 9.80 Å². The maximum Gasteiger partial charge on any atom is 0.410 e. The summed E-state index contributed by atoms with van der Waals surface area (Å²) in [5.74, 6) is -0.315. The monoisotopic (exact) mass is 356 g/mol. The molecule has 0 spiro atoms. The first-order chi connectivity index (χ1) is 11.2. The summed E-state index contributed by atoms with van der Waals surface area (Å²) in [7, 11) is 0. The molecule has 0 bridgehead atoms. The Morgan fingerprint density at radius 1 is 1.21 bits per heavy atom. The average Bonchev–Trinajstić information content (AvgIpc) is 3.17. The van der Waals surface area contributed by atoms with E-state index in [1.54, 1.807) is 11.0 Å². The maximum absolute atomic E-state index is 12.6. The first-order valence-electron chi connectivity index (χ1n) is 8.79. The van der Waals surface area contributed by atoms with Gasteiger partial charge in [0.1, 0.15) is 11.0 Å². The second-order valence-corrected chi connectivity index (χ2v) is 8.10. The highest BCUT2D eigenvalue weighted by atomic mass is 35.5. The van der Waals surface area contributed by atoms with E-state index in [9.17, 15) is 9.59 Å². The summed E-state index contributed by atoms with van der Waals surface area (Å²) in [4.78, 5) is 28.6.